The van der Waals surface area contributed by atoms with Gasteiger partial charge in [0.25, 0.3) is 0 Å². The fraction of sp³-hybridized carbons (Fsp3) is 0.353. The lowest BCUT2D eigenvalue weighted by molar-refractivity contribution is -0.287. The minimum atomic E-state index is -3.73. The number of fused-ring (bicyclic) bond motifs is 6. The summed E-state index contributed by atoms with van der Waals surface area (Å²) >= 11 is 16.9. The number of alkyl halides is 14. The lowest BCUT2D eigenvalue weighted by Gasteiger charge is -2.10. The van der Waals surface area contributed by atoms with Crippen molar-refractivity contribution < 1.29 is 143 Å². The number of ketones is 1. The Morgan fingerprint density at radius 1 is 0.527 bits per heavy atom. The topological polar surface area (TPSA) is 321 Å². The minimum absolute atomic E-state index is 0. The number of aliphatic carboxylic acids is 1. The number of rotatable bonds is 11. The van der Waals surface area contributed by atoms with E-state index in [4.69, 9.17) is 58.3 Å². The molecular weight excluding hydrogens is 1740 g/mol. The standard InChI is InChI=1S/C12H9F2NO4.C11H7ClF2O3.C11H7F2NO2.C11H8F2O4.C9H5F2NO2.C7H3BrF2O2.C4H5NO.C2H4BrCl.CH4.Cl2OS/c1-2-17-11(16)8(6-15)7-3-4-9-10(5-7)19-12(13,14)18-9;12-9(15)10(3-4-10)6-1-2-7-8(5-6)17-11(13,14)16-7;12-11(13)15-8-2-1-7(5-9(8)16-11)10(6-14)3-4-10;12-11(13)16-7-2-1-6(5-8(7)17-11)10(3-4-10)9(14)15;10-9(11)13-7-2-1-6(3-4-12)5-8(7)14-9;8-4-1-2-5-6(3-4)12-7(9,10)11-5;1-4(6)2-3-5;3-1-2-4;;1-4(2)3/h3-5,8H,2H2,1H3;1-2,5H,3-4H2;1-2,5H,3-4H2;1-2,5H,3-4H2,(H,14,15);1-2,5H,3H2;1-3H;2H2,1H3;1-2H2;1H4;. The molecule has 1 unspecified atom stereocenters. The van der Waals surface area contributed by atoms with Crippen LogP contribution in [-0.4, -0.2) is 87.9 Å². The van der Waals surface area contributed by atoms with E-state index in [9.17, 15) is 71.9 Å². The molecule has 9 aliphatic rings. The highest BCUT2D eigenvalue weighted by molar-refractivity contribution is 9.10. The average molecular weight is 1790 g/mol. The molecule has 0 saturated heterocycles. The van der Waals surface area contributed by atoms with Gasteiger partial charge in [-0.15, -0.1) is 64.3 Å². The summed E-state index contributed by atoms with van der Waals surface area (Å²) in [5.74, 6) is -2.77. The number of benzene rings is 6. The van der Waals surface area contributed by atoms with Crippen LogP contribution in [0.4, 0.5) is 52.7 Å². The van der Waals surface area contributed by atoms with Gasteiger partial charge in [-0.25, -0.2) is 4.21 Å². The summed E-state index contributed by atoms with van der Waals surface area (Å²) in [7, 11) is 7.36. The SMILES string of the molecule is C.CC(=O)CC#N.CCOC(=O)C(C#N)c1ccc2c(c1)OC(F)(F)O2.ClCCBr.FC1(F)Oc2ccc(Br)cc2O1.N#CC1(c2ccc3c(c2)OC(F)(F)O3)CC1.N#CCc1ccc2c(c1)OC(F)(F)O2.O=C(Cl)C1(c2ccc3c(c2)OC(F)(F)O3)CC1.O=C(O)C1(c2ccc3c(c2)OC(F)(F)O3)CC1.O=S(Cl)Cl. The van der Waals surface area contributed by atoms with E-state index in [2.05, 4.69) is 116 Å². The molecule has 6 heterocycles. The van der Waals surface area contributed by atoms with E-state index in [0.717, 1.165) is 23.7 Å². The van der Waals surface area contributed by atoms with E-state index in [1.165, 1.54) is 91.9 Å². The summed E-state index contributed by atoms with van der Waals surface area (Å²) in [5, 5.41) is 43.6. The highest BCUT2D eigenvalue weighted by Crippen LogP contribution is 2.55. The molecule has 6 aromatic carbocycles. The number of halogens is 18. The van der Waals surface area contributed by atoms with Crippen LogP contribution in [0.1, 0.15) is 100.0 Å². The van der Waals surface area contributed by atoms with Crippen molar-refractivity contribution in [3.63, 3.8) is 0 Å². The van der Waals surface area contributed by atoms with Gasteiger partial charge < -0.3 is 66.7 Å². The van der Waals surface area contributed by atoms with E-state index in [0.29, 0.717) is 52.7 Å². The second kappa shape index (κ2) is 36.6. The van der Waals surface area contributed by atoms with Gasteiger partial charge in [0, 0.05) is 37.0 Å². The van der Waals surface area contributed by atoms with Crippen LogP contribution < -0.4 is 56.8 Å². The number of nitriles is 4. The number of carboxylic acid groups (broad SMARTS) is 1. The minimum Gasteiger partial charge on any atom is -0.481 e. The fourth-order valence-electron chi connectivity index (χ4n) is 9.67. The number of carbonyl (C=O) groups excluding carboxylic acids is 3. The quantitative estimate of drug-likeness (QED) is 0.0545. The Morgan fingerprint density at radius 3 is 1.18 bits per heavy atom. The summed E-state index contributed by atoms with van der Waals surface area (Å²) in [6, 6.07) is 33.0. The van der Waals surface area contributed by atoms with Crippen LogP contribution >= 0.6 is 76.4 Å². The first-order valence-corrected chi connectivity index (χ1v) is 36.1. The first-order chi connectivity index (χ1) is 51.0. The molecule has 3 aliphatic carbocycles. The van der Waals surface area contributed by atoms with Gasteiger partial charge in [0.05, 0.1) is 60.0 Å². The Hall–Kier alpha value is -9.41. The average Bonchev–Trinajstić information content (AvgIpc) is 1.60. The molecule has 42 heteroatoms. The van der Waals surface area contributed by atoms with Crippen LogP contribution in [-0.2, 0) is 55.8 Å². The maximum Gasteiger partial charge on any atom is 0.586 e. The van der Waals surface area contributed by atoms with Gasteiger partial charge in [0.1, 0.15) is 5.78 Å². The summed E-state index contributed by atoms with van der Waals surface area (Å²) in [6.07, 6.45) is -17.7. The largest absolute Gasteiger partial charge is 0.586 e. The van der Waals surface area contributed by atoms with Crippen molar-refractivity contribution in [1.82, 2.24) is 0 Å². The maximum absolute atomic E-state index is 12.8. The molecule has 0 amide bonds. The number of esters is 1. The highest BCUT2D eigenvalue weighted by Gasteiger charge is 2.55. The van der Waals surface area contributed by atoms with Gasteiger partial charge in [0.15, 0.2) is 74.9 Å². The number of carbonyl (C=O) groups is 4. The van der Waals surface area contributed by atoms with Gasteiger partial charge in [-0.05, 0) is 171 Å². The summed E-state index contributed by atoms with van der Waals surface area (Å²) in [6.45, 7) is 3.12. The van der Waals surface area contributed by atoms with Crippen LogP contribution in [0.25, 0.3) is 0 Å². The number of hydrogen-bond donors (Lipinski definition) is 1. The van der Waals surface area contributed by atoms with E-state index in [-0.39, 0.29) is 107 Å². The van der Waals surface area contributed by atoms with Crippen LogP contribution in [0.5, 0.6) is 69.0 Å². The molecule has 3 saturated carbocycles. The molecular formula is C68H52Br2Cl4F12N4O19S. The van der Waals surface area contributed by atoms with Crippen molar-refractivity contribution in [3.05, 3.63) is 141 Å². The van der Waals surface area contributed by atoms with Gasteiger partial charge in [-0.3, -0.25) is 19.2 Å². The van der Waals surface area contributed by atoms with E-state index >= 15 is 0 Å². The van der Waals surface area contributed by atoms with E-state index < -0.39 is 86.3 Å². The monoisotopic (exact) mass is 1790 g/mol. The molecule has 6 aromatic rings. The Morgan fingerprint density at radius 2 is 0.864 bits per heavy atom. The molecule has 1 N–H and O–H groups in total. The number of Topliss-reactive ketones (excluding diaryl/α,β-unsaturated/α-hetero) is 1. The molecule has 110 heavy (non-hydrogen) atoms. The molecule has 15 rings (SSSR count). The Kier molecular flexibility index (Phi) is 29.8. The summed E-state index contributed by atoms with van der Waals surface area (Å²) in [5.41, 5.74) is 0.455. The number of nitrogens with zero attached hydrogens (tertiary/aromatic N) is 4. The smallest absolute Gasteiger partial charge is 0.481 e. The molecule has 3 fully saturated rings. The molecule has 0 bridgehead atoms. The van der Waals surface area contributed by atoms with Gasteiger partial charge in [-0.2, -0.15) is 21.0 Å². The molecule has 0 spiro atoms. The summed E-state index contributed by atoms with van der Waals surface area (Å²) < 4.78 is 218. The Labute approximate surface area is 653 Å². The third kappa shape index (κ3) is 24.3. The number of ether oxygens (including phenoxy) is 13. The third-order valence-corrected chi connectivity index (χ3v) is 16.9. The Bertz CT molecular complexity index is 4500. The van der Waals surface area contributed by atoms with Crippen molar-refractivity contribution >= 4 is 109 Å². The van der Waals surface area contributed by atoms with Crippen LogP contribution in [0.2, 0.25) is 0 Å². The molecule has 0 aromatic heterocycles. The molecule has 590 valence electrons. The zero-order chi connectivity index (χ0) is 80.9. The van der Waals surface area contributed by atoms with Gasteiger partial charge >= 0.3 is 49.7 Å². The lowest BCUT2D eigenvalue weighted by Crippen LogP contribution is -2.26. The van der Waals surface area contributed by atoms with E-state index in [1.807, 2.05) is 6.07 Å². The van der Waals surface area contributed by atoms with Crippen molar-refractivity contribution in [1.29, 1.82) is 21.0 Å². The molecule has 23 nitrogen and oxygen atoms in total. The zero-order valence-corrected chi connectivity index (χ0v) is 62.1. The van der Waals surface area contributed by atoms with Crippen molar-refractivity contribution in [2.24, 2.45) is 0 Å². The zero-order valence-electron chi connectivity index (χ0n) is 55.0. The maximum atomic E-state index is 12.8. The van der Waals surface area contributed by atoms with Crippen molar-refractivity contribution in [2.45, 2.75) is 133 Å². The highest BCUT2D eigenvalue weighted by atomic mass is 79.9. The van der Waals surface area contributed by atoms with Crippen molar-refractivity contribution in [2.75, 3.05) is 17.8 Å². The first-order valence-electron chi connectivity index (χ1n) is 30.5. The molecule has 0 radical (unpaired) electrons. The molecule has 6 aliphatic heterocycles. The number of carboxylic acids is 1. The van der Waals surface area contributed by atoms with Crippen LogP contribution in [0, 0.1) is 45.3 Å². The van der Waals surface area contributed by atoms with Crippen LogP contribution in [0.3, 0.4) is 0 Å². The van der Waals surface area contributed by atoms with Gasteiger partial charge in [-0.1, -0.05) is 69.6 Å². The first kappa shape index (κ1) is 89.5. The predicted octanol–water partition coefficient (Wildman–Crippen LogP) is 18.3. The lowest BCUT2D eigenvalue weighted by atomic mass is 9.96. The normalized spacial score (nSPS) is 18.0. The fourth-order valence-corrected chi connectivity index (χ4v) is 10.3. The third-order valence-electron chi connectivity index (χ3n) is 15.0. The summed E-state index contributed by atoms with van der Waals surface area (Å²) in [4.78, 5) is 43.8. The second-order valence-electron chi connectivity index (χ2n) is 22.8. The van der Waals surface area contributed by atoms with Crippen molar-refractivity contribution in [3.8, 4) is 93.3 Å². The van der Waals surface area contributed by atoms with E-state index in [1.54, 1.807) is 43.3 Å². The Balaban J connectivity index is 0.000000199. The number of hydrogen-bond acceptors (Lipinski definition) is 22. The van der Waals surface area contributed by atoms with Gasteiger partial charge in [0.2, 0.25) is 14.5 Å². The van der Waals surface area contributed by atoms with Crippen LogP contribution in [0.15, 0.2) is 114 Å². The second-order valence-corrected chi connectivity index (χ2v) is 27.7. The molecule has 1 atom stereocenters. The predicted molar refractivity (Wildman–Crippen MR) is 367 cm³/mol.